The first kappa shape index (κ1) is 14.9. The fourth-order valence-corrected chi connectivity index (χ4v) is 2.15. The molecule has 2 N–H and O–H groups in total. The number of amides is 1. The van der Waals surface area contributed by atoms with E-state index in [1.54, 1.807) is 6.92 Å². The summed E-state index contributed by atoms with van der Waals surface area (Å²) in [6, 6.07) is 3.33. The van der Waals surface area contributed by atoms with Crippen LogP contribution in [0.2, 0.25) is 0 Å². The molecule has 4 nitrogen and oxygen atoms in total. The average Bonchev–Trinajstić information content (AvgIpc) is 2.72. The average molecular weight is 285 g/mol. The number of nitrogens with one attached hydrogen (secondary N) is 1. The van der Waals surface area contributed by atoms with E-state index in [-0.39, 0.29) is 25.0 Å². The van der Waals surface area contributed by atoms with Gasteiger partial charge in [-0.15, -0.1) is 0 Å². The Labute approximate surface area is 115 Å². The fourth-order valence-electron chi connectivity index (χ4n) is 2.15. The van der Waals surface area contributed by atoms with Gasteiger partial charge in [0.05, 0.1) is 12.5 Å². The first-order valence-corrected chi connectivity index (χ1v) is 6.45. The van der Waals surface area contributed by atoms with Crippen LogP contribution in [0.15, 0.2) is 18.2 Å². The minimum Gasteiger partial charge on any atom is -0.385 e. The lowest BCUT2D eigenvalue weighted by molar-refractivity contribution is -0.122. The molecule has 6 heteroatoms. The van der Waals surface area contributed by atoms with Gasteiger partial charge >= 0.3 is 0 Å². The maximum Gasteiger partial charge on any atom is 0.224 e. The number of carbonyl (C=O) groups is 1. The highest BCUT2D eigenvalue weighted by Gasteiger charge is 2.39. The molecule has 0 bridgehead atoms. The zero-order chi connectivity index (χ0) is 14.8. The van der Waals surface area contributed by atoms with E-state index in [1.165, 1.54) is 6.07 Å². The van der Waals surface area contributed by atoms with Crippen molar-refractivity contribution >= 4 is 5.91 Å². The lowest BCUT2D eigenvalue weighted by Gasteiger charge is -2.26. The number of carbonyl (C=O) groups excluding carboxylic acids is 1. The van der Waals surface area contributed by atoms with Crippen molar-refractivity contribution < 1.29 is 23.4 Å². The summed E-state index contributed by atoms with van der Waals surface area (Å²) in [5.74, 6) is -2.28. The van der Waals surface area contributed by atoms with Gasteiger partial charge in [-0.05, 0) is 24.6 Å². The number of ether oxygens (including phenoxy) is 1. The Morgan fingerprint density at radius 1 is 1.50 bits per heavy atom. The third-order valence-corrected chi connectivity index (χ3v) is 3.60. The van der Waals surface area contributed by atoms with E-state index in [0.29, 0.717) is 18.6 Å². The maximum absolute atomic E-state index is 13.0. The molecule has 2 atom stereocenters. The van der Waals surface area contributed by atoms with E-state index in [1.807, 2.05) is 0 Å². The van der Waals surface area contributed by atoms with Gasteiger partial charge in [0.15, 0.2) is 11.6 Å². The Balaban J connectivity index is 1.88. The molecular weight excluding hydrogens is 268 g/mol. The molecule has 110 valence electrons. The van der Waals surface area contributed by atoms with E-state index >= 15 is 0 Å². The van der Waals surface area contributed by atoms with E-state index in [4.69, 9.17) is 4.74 Å². The van der Waals surface area contributed by atoms with Crippen LogP contribution in [-0.4, -0.2) is 35.9 Å². The van der Waals surface area contributed by atoms with Gasteiger partial charge < -0.3 is 15.2 Å². The van der Waals surface area contributed by atoms with Crippen LogP contribution < -0.4 is 5.32 Å². The highest BCUT2D eigenvalue weighted by Crippen LogP contribution is 2.24. The molecule has 1 aliphatic rings. The predicted molar refractivity (Wildman–Crippen MR) is 68.1 cm³/mol. The minimum atomic E-state index is -1.07. The molecule has 0 aromatic heterocycles. The Hall–Kier alpha value is -1.53. The smallest absolute Gasteiger partial charge is 0.224 e. The molecule has 2 unspecified atom stereocenters. The highest BCUT2D eigenvalue weighted by molar-refractivity contribution is 5.78. The van der Waals surface area contributed by atoms with Gasteiger partial charge in [-0.25, -0.2) is 8.78 Å². The first-order chi connectivity index (χ1) is 9.40. The number of benzene rings is 1. The molecule has 0 radical (unpaired) electrons. The van der Waals surface area contributed by atoms with Crippen molar-refractivity contribution in [1.29, 1.82) is 0 Å². The van der Waals surface area contributed by atoms with Gasteiger partial charge in [-0.2, -0.15) is 0 Å². The molecule has 2 rings (SSSR count). The van der Waals surface area contributed by atoms with Crippen molar-refractivity contribution in [2.45, 2.75) is 31.5 Å². The van der Waals surface area contributed by atoms with E-state index in [9.17, 15) is 18.7 Å². The number of aliphatic hydroxyl groups is 1. The van der Waals surface area contributed by atoms with Crippen LogP contribution in [0.5, 0.6) is 0 Å². The van der Waals surface area contributed by atoms with Gasteiger partial charge in [0.25, 0.3) is 0 Å². The third kappa shape index (κ3) is 3.32. The molecule has 0 aliphatic carbocycles. The Morgan fingerprint density at radius 3 is 2.85 bits per heavy atom. The fraction of sp³-hybridized carbons (Fsp3) is 0.500. The number of rotatable bonds is 4. The molecular formula is C14H17F2NO3. The molecule has 1 saturated heterocycles. The summed E-state index contributed by atoms with van der Waals surface area (Å²) in [6.07, 6.45) is 0.0494. The standard InChI is InChI=1S/C14H17F2NO3/c1-9-14(19,4-5-20-9)8-17-13(18)7-10-2-3-11(15)12(16)6-10/h2-3,6,9,19H,4-5,7-8H2,1H3,(H,17,18). The maximum atomic E-state index is 13.0. The third-order valence-electron chi connectivity index (χ3n) is 3.60. The van der Waals surface area contributed by atoms with E-state index in [2.05, 4.69) is 5.32 Å². The molecule has 1 amide bonds. The second kappa shape index (κ2) is 5.85. The predicted octanol–water partition coefficient (Wildman–Crippen LogP) is 1.16. The monoisotopic (exact) mass is 285 g/mol. The summed E-state index contributed by atoms with van der Waals surface area (Å²) in [4.78, 5) is 11.7. The Bertz CT molecular complexity index is 509. The minimum absolute atomic E-state index is 0.0669. The normalized spacial score (nSPS) is 25.7. The lowest BCUT2D eigenvalue weighted by Crippen LogP contribution is -2.47. The van der Waals surface area contributed by atoms with Crippen LogP contribution in [0.4, 0.5) is 8.78 Å². The lowest BCUT2D eigenvalue weighted by atomic mass is 9.96. The number of hydrogen-bond donors (Lipinski definition) is 2. The molecule has 1 aromatic rings. The summed E-state index contributed by atoms with van der Waals surface area (Å²) in [7, 11) is 0. The van der Waals surface area contributed by atoms with Crippen molar-refractivity contribution in [2.24, 2.45) is 0 Å². The summed E-state index contributed by atoms with van der Waals surface area (Å²) >= 11 is 0. The summed E-state index contributed by atoms with van der Waals surface area (Å²) < 4.78 is 31.0. The second-order valence-electron chi connectivity index (χ2n) is 5.07. The van der Waals surface area contributed by atoms with Crippen molar-refractivity contribution in [3.8, 4) is 0 Å². The van der Waals surface area contributed by atoms with Gasteiger partial charge in [-0.3, -0.25) is 4.79 Å². The SMILES string of the molecule is CC1OCCC1(O)CNC(=O)Cc1ccc(F)c(F)c1. The van der Waals surface area contributed by atoms with Crippen LogP contribution in [0, 0.1) is 11.6 Å². The highest BCUT2D eigenvalue weighted by atomic mass is 19.2. The second-order valence-corrected chi connectivity index (χ2v) is 5.07. The quantitative estimate of drug-likeness (QED) is 0.873. The molecule has 1 aromatic carbocycles. The molecule has 0 spiro atoms. The van der Waals surface area contributed by atoms with Crippen LogP contribution >= 0.6 is 0 Å². The summed E-state index contributed by atoms with van der Waals surface area (Å²) in [5, 5.41) is 12.8. The zero-order valence-corrected chi connectivity index (χ0v) is 11.2. The molecule has 0 saturated carbocycles. The summed E-state index contributed by atoms with van der Waals surface area (Å²) in [6.45, 7) is 2.28. The largest absolute Gasteiger partial charge is 0.385 e. The van der Waals surface area contributed by atoms with E-state index in [0.717, 1.165) is 12.1 Å². The molecule has 1 heterocycles. The molecule has 1 aliphatic heterocycles. The summed E-state index contributed by atoms with van der Waals surface area (Å²) in [5.41, 5.74) is -0.687. The van der Waals surface area contributed by atoms with Crippen molar-refractivity contribution in [3.05, 3.63) is 35.4 Å². The van der Waals surface area contributed by atoms with Gasteiger partial charge in [0.2, 0.25) is 5.91 Å². The topological polar surface area (TPSA) is 58.6 Å². The van der Waals surface area contributed by atoms with Crippen LogP contribution in [0.3, 0.4) is 0 Å². The van der Waals surface area contributed by atoms with Crippen LogP contribution in [-0.2, 0) is 16.0 Å². The van der Waals surface area contributed by atoms with Gasteiger partial charge in [0.1, 0.15) is 5.60 Å². The Kier molecular flexibility index (Phi) is 4.35. The van der Waals surface area contributed by atoms with E-state index < -0.39 is 17.2 Å². The van der Waals surface area contributed by atoms with Crippen molar-refractivity contribution in [1.82, 2.24) is 5.32 Å². The molecule has 1 fully saturated rings. The van der Waals surface area contributed by atoms with Gasteiger partial charge in [-0.1, -0.05) is 6.07 Å². The van der Waals surface area contributed by atoms with Crippen molar-refractivity contribution in [3.63, 3.8) is 0 Å². The zero-order valence-electron chi connectivity index (χ0n) is 11.2. The number of halogens is 2. The van der Waals surface area contributed by atoms with Gasteiger partial charge in [0, 0.05) is 19.6 Å². The Morgan fingerprint density at radius 2 is 2.25 bits per heavy atom. The first-order valence-electron chi connectivity index (χ1n) is 6.45. The number of hydrogen-bond acceptors (Lipinski definition) is 3. The van der Waals surface area contributed by atoms with Crippen LogP contribution in [0.25, 0.3) is 0 Å². The van der Waals surface area contributed by atoms with Crippen molar-refractivity contribution in [2.75, 3.05) is 13.2 Å². The van der Waals surface area contributed by atoms with Crippen LogP contribution in [0.1, 0.15) is 18.9 Å². The molecule has 20 heavy (non-hydrogen) atoms.